The third-order valence-corrected chi connectivity index (χ3v) is 5.47. The first-order valence-corrected chi connectivity index (χ1v) is 10.8. The van der Waals surface area contributed by atoms with Crippen LogP contribution in [0.1, 0.15) is 34.0 Å². The number of rotatable bonds is 7. The van der Waals surface area contributed by atoms with E-state index < -0.39 is 12.3 Å². The second-order valence-electron chi connectivity index (χ2n) is 7.45. The number of hydrogen-bond acceptors (Lipinski definition) is 5. The normalized spacial score (nSPS) is 14.5. The second-order valence-corrected chi connectivity index (χ2v) is 7.86. The van der Waals surface area contributed by atoms with Gasteiger partial charge in [0.25, 0.3) is 5.91 Å². The maximum Gasteiger partial charge on any atom is 0.506 e. The molecule has 0 aliphatic carbocycles. The monoisotopic (exact) mass is 467 g/mol. The summed E-state index contributed by atoms with van der Waals surface area (Å²) < 4.78 is 16.4. The van der Waals surface area contributed by atoms with Crippen molar-refractivity contribution < 1.29 is 28.9 Å². The van der Waals surface area contributed by atoms with Gasteiger partial charge in [-0.05, 0) is 42.3 Å². The van der Waals surface area contributed by atoms with Crippen molar-refractivity contribution >= 4 is 23.7 Å². The number of benzene rings is 3. The number of amides is 1. The molecule has 0 fully saturated rings. The molecule has 1 amide bonds. The molecule has 0 aromatic heterocycles. The van der Waals surface area contributed by atoms with E-state index in [1.165, 1.54) is 0 Å². The Hall–Kier alpha value is -3.71. The first-order chi connectivity index (χ1) is 16.0. The lowest BCUT2D eigenvalue weighted by atomic mass is 10.0. The van der Waals surface area contributed by atoms with Gasteiger partial charge in [-0.1, -0.05) is 41.9 Å². The molecule has 0 spiro atoms. The molecule has 1 atom stereocenters. The van der Waals surface area contributed by atoms with E-state index >= 15 is 0 Å². The van der Waals surface area contributed by atoms with Gasteiger partial charge in [-0.3, -0.25) is 4.79 Å². The molecule has 1 unspecified atom stereocenters. The molecule has 7 nitrogen and oxygen atoms in total. The van der Waals surface area contributed by atoms with Gasteiger partial charge in [0.15, 0.2) is 0 Å². The van der Waals surface area contributed by atoms with Gasteiger partial charge in [0.1, 0.15) is 23.4 Å². The zero-order valence-electron chi connectivity index (χ0n) is 17.6. The number of nitrogens with one attached hydrogen (secondary N) is 1. The van der Waals surface area contributed by atoms with Crippen LogP contribution < -0.4 is 14.8 Å². The van der Waals surface area contributed by atoms with E-state index in [1.54, 1.807) is 36.4 Å². The summed E-state index contributed by atoms with van der Waals surface area (Å²) in [5, 5.41) is 12.1. The van der Waals surface area contributed by atoms with E-state index in [1.807, 2.05) is 30.3 Å². The average Bonchev–Trinajstić information content (AvgIpc) is 2.81. The lowest BCUT2D eigenvalue weighted by Gasteiger charge is -2.25. The van der Waals surface area contributed by atoms with Crippen LogP contribution in [0.15, 0.2) is 66.7 Å². The van der Waals surface area contributed by atoms with Crippen molar-refractivity contribution in [3.05, 3.63) is 88.4 Å². The fraction of sp³-hybridized carbons (Fsp3) is 0.200. The highest BCUT2D eigenvalue weighted by Gasteiger charge is 2.27. The summed E-state index contributed by atoms with van der Waals surface area (Å²) in [6, 6.07) is 19.9. The van der Waals surface area contributed by atoms with Gasteiger partial charge in [-0.15, -0.1) is 0 Å². The summed E-state index contributed by atoms with van der Waals surface area (Å²) in [6.07, 6.45) is -0.832. The summed E-state index contributed by atoms with van der Waals surface area (Å²) >= 11 is 6.35. The van der Waals surface area contributed by atoms with E-state index in [0.29, 0.717) is 53.0 Å². The molecule has 8 heteroatoms. The summed E-state index contributed by atoms with van der Waals surface area (Å²) in [4.78, 5) is 23.3. The molecule has 2 N–H and O–H groups in total. The number of carbonyl (C=O) groups is 2. The van der Waals surface area contributed by atoms with Gasteiger partial charge < -0.3 is 24.6 Å². The van der Waals surface area contributed by atoms with Crippen molar-refractivity contribution in [1.82, 2.24) is 5.32 Å². The summed E-state index contributed by atoms with van der Waals surface area (Å²) in [7, 11) is 0. The lowest BCUT2D eigenvalue weighted by molar-refractivity contribution is 0.0326. The largest absolute Gasteiger partial charge is 0.506 e. The Bertz CT molecular complexity index is 1130. The Morgan fingerprint density at radius 1 is 1.09 bits per heavy atom. The Morgan fingerprint density at radius 3 is 2.58 bits per heavy atom. The Balaban J connectivity index is 1.38. The summed E-state index contributed by atoms with van der Waals surface area (Å²) in [5.74, 6) is 1.14. The molecule has 0 bridgehead atoms. The van der Waals surface area contributed by atoms with Crippen LogP contribution in [0.4, 0.5) is 4.79 Å². The molecule has 3 aromatic carbocycles. The number of fused-ring (bicyclic) bond motifs is 1. The highest BCUT2D eigenvalue weighted by Crippen LogP contribution is 2.42. The van der Waals surface area contributed by atoms with Crippen molar-refractivity contribution in [3.8, 4) is 17.2 Å². The van der Waals surface area contributed by atoms with Crippen LogP contribution in [0, 0.1) is 0 Å². The molecule has 1 aliphatic rings. The maximum absolute atomic E-state index is 12.4. The number of halogens is 1. The van der Waals surface area contributed by atoms with Gasteiger partial charge in [0, 0.05) is 30.2 Å². The molecular weight excluding hydrogens is 446 g/mol. The van der Waals surface area contributed by atoms with E-state index in [-0.39, 0.29) is 5.91 Å². The van der Waals surface area contributed by atoms with Crippen LogP contribution in [-0.2, 0) is 11.2 Å². The quantitative estimate of drug-likeness (QED) is 0.438. The van der Waals surface area contributed by atoms with E-state index in [2.05, 4.69) is 5.32 Å². The zero-order chi connectivity index (χ0) is 23.2. The standard InChI is InChI=1S/C25H22ClNO6/c26-20-14-19-21(33-25(29)30)11-13-31-22(19)15-23(20)32-18-8-6-17(7-9-18)24(28)27-12-10-16-4-2-1-3-5-16/h1-9,14-15,21H,10-13H2,(H,27,28)(H,29,30). The molecule has 0 saturated carbocycles. The van der Waals surface area contributed by atoms with Gasteiger partial charge in [0.05, 0.1) is 11.6 Å². The number of carbonyl (C=O) groups excluding carboxylic acids is 1. The average molecular weight is 468 g/mol. The minimum Gasteiger partial charge on any atom is -0.493 e. The smallest absolute Gasteiger partial charge is 0.493 e. The molecule has 1 aliphatic heterocycles. The van der Waals surface area contributed by atoms with Crippen LogP contribution in [0.3, 0.4) is 0 Å². The van der Waals surface area contributed by atoms with Crippen molar-refractivity contribution in [2.24, 2.45) is 0 Å². The number of carboxylic acid groups (broad SMARTS) is 1. The molecule has 0 radical (unpaired) electrons. The third kappa shape index (κ3) is 5.75. The predicted molar refractivity (Wildman–Crippen MR) is 122 cm³/mol. The molecule has 3 aromatic rings. The van der Waals surface area contributed by atoms with E-state index in [4.69, 9.17) is 30.9 Å². The Kier molecular flexibility index (Phi) is 7.00. The van der Waals surface area contributed by atoms with Gasteiger partial charge in [-0.2, -0.15) is 0 Å². The lowest BCUT2D eigenvalue weighted by Crippen LogP contribution is -2.25. The Morgan fingerprint density at radius 2 is 1.85 bits per heavy atom. The van der Waals surface area contributed by atoms with Crippen molar-refractivity contribution in [3.63, 3.8) is 0 Å². The Labute approximate surface area is 195 Å². The maximum atomic E-state index is 12.4. The highest BCUT2D eigenvalue weighted by atomic mass is 35.5. The fourth-order valence-corrected chi connectivity index (χ4v) is 3.76. The van der Waals surface area contributed by atoms with Crippen molar-refractivity contribution in [2.75, 3.05) is 13.2 Å². The molecule has 0 saturated heterocycles. The molecular formula is C25H22ClNO6. The minimum absolute atomic E-state index is 0.165. The highest BCUT2D eigenvalue weighted by molar-refractivity contribution is 6.32. The summed E-state index contributed by atoms with van der Waals surface area (Å²) in [6.45, 7) is 0.860. The SMILES string of the molecule is O=C(O)OC1CCOc2cc(Oc3ccc(C(=O)NCCc4ccccc4)cc3)c(Cl)cc21. The molecule has 33 heavy (non-hydrogen) atoms. The second kappa shape index (κ2) is 10.3. The summed E-state index contributed by atoms with van der Waals surface area (Å²) in [5.41, 5.74) is 2.24. The van der Waals surface area contributed by atoms with Crippen LogP contribution in [-0.4, -0.2) is 30.3 Å². The van der Waals surface area contributed by atoms with Crippen LogP contribution in [0.2, 0.25) is 5.02 Å². The molecule has 4 rings (SSSR count). The van der Waals surface area contributed by atoms with Gasteiger partial charge in [0.2, 0.25) is 0 Å². The van der Waals surface area contributed by atoms with Crippen LogP contribution >= 0.6 is 11.6 Å². The predicted octanol–water partition coefficient (Wildman–Crippen LogP) is 5.62. The third-order valence-electron chi connectivity index (χ3n) is 5.18. The van der Waals surface area contributed by atoms with Crippen LogP contribution in [0.25, 0.3) is 0 Å². The number of hydrogen-bond donors (Lipinski definition) is 2. The van der Waals surface area contributed by atoms with Gasteiger partial charge >= 0.3 is 6.16 Å². The fourth-order valence-electron chi connectivity index (χ4n) is 3.55. The van der Waals surface area contributed by atoms with Crippen LogP contribution in [0.5, 0.6) is 17.2 Å². The topological polar surface area (TPSA) is 94.1 Å². The first kappa shape index (κ1) is 22.5. The van der Waals surface area contributed by atoms with Crippen molar-refractivity contribution in [1.29, 1.82) is 0 Å². The van der Waals surface area contributed by atoms with Gasteiger partial charge in [-0.25, -0.2) is 4.79 Å². The first-order valence-electron chi connectivity index (χ1n) is 10.5. The molecule has 170 valence electrons. The number of ether oxygens (including phenoxy) is 3. The van der Waals surface area contributed by atoms with E-state index in [0.717, 1.165) is 12.0 Å². The van der Waals surface area contributed by atoms with E-state index in [9.17, 15) is 9.59 Å². The zero-order valence-corrected chi connectivity index (χ0v) is 18.4. The minimum atomic E-state index is -1.35. The van der Waals surface area contributed by atoms with Crippen molar-refractivity contribution in [2.45, 2.75) is 18.9 Å². The molecule has 1 heterocycles.